The van der Waals surface area contributed by atoms with E-state index in [2.05, 4.69) is 33.4 Å². The molecule has 23 heavy (non-hydrogen) atoms. The van der Waals surface area contributed by atoms with Crippen molar-refractivity contribution in [3.05, 3.63) is 20.8 Å². The molecule has 3 amide bonds. The SMILES string of the molecule is C[C@@H](C(=O)N1CCNC1=O)[NH+]1CC[NH+](Cc2ccc(Br)s2)CC1. The monoisotopic (exact) mass is 402 g/mol. The highest BCUT2D eigenvalue weighted by atomic mass is 79.9. The molecule has 2 aliphatic heterocycles. The van der Waals surface area contributed by atoms with Gasteiger partial charge in [-0.15, -0.1) is 11.3 Å². The second-order valence-electron chi connectivity index (χ2n) is 6.23. The third-order valence-electron chi connectivity index (χ3n) is 4.76. The summed E-state index contributed by atoms with van der Waals surface area (Å²) in [7, 11) is 0. The van der Waals surface area contributed by atoms with E-state index >= 15 is 0 Å². The van der Waals surface area contributed by atoms with Crippen molar-refractivity contribution in [2.45, 2.75) is 19.5 Å². The topological polar surface area (TPSA) is 58.3 Å². The van der Waals surface area contributed by atoms with Crippen molar-refractivity contribution in [2.24, 2.45) is 0 Å². The van der Waals surface area contributed by atoms with E-state index < -0.39 is 0 Å². The molecule has 0 radical (unpaired) electrons. The second-order valence-corrected chi connectivity index (χ2v) is 8.78. The number of halogens is 1. The Hall–Kier alpha value is -0.960. The molecule has 2 saturated heterocycles. The lowest BCUT2D eigenvalue weighted by atomic mass is 10.2. The molecule has 6 nitrogen and oxygen atoms in total. The number of urea groups is 1. The van der Waals surface area contributed by atoms with Crippen LogP contribution in [-0.2, 0) is 11.3 Å². The van der Waals surface area contributed by atoms with Crippen LogP contribution in [0.2, 0.25) is 0 Å². The number of thiophene rings is 1. The number of nitrogens with zero attached hydrogens (tertiary/aromatic N) is 1. The largest absolute Gasteiger partial charge is 0.336 e. The van der Waals surface area contributed by atoms with Crippen LogP contribution < -0.4 is 15.1 Å². The highest BCUT2D eigenvalue weighted by Gasteiger charge is 2.37. The number of imide groups is 1. The molecule has 3 N–H and O–H groups in total. The molecule has 0 aromatic carbocycles. The Labute approximate surface area is 148 Å². The summed E-state index contributed by atoms with van der Waals surface area (Å²) < 4.78 is 1.18. The molecule has 0 unspecified atom stereocenters. The van der Waals surface area contributed by atoms with Gasteiger partial charge in [0.25, 0.3) is 5.91 Å². The Morgan fingerprint density at radius 3 is 2.70 bits per heavy atom. The molecule has 8 heteroatoms. The molecular formula is C15H23BrN4O2S+2. The van der Waals surface area contributed by atoms with E-state index in [0.717, 1.165) is 32.7 Å². The Morgan fingerprint density at radius 2 is 2.13 bits per heavy atom. The molecule has 2 fully saturated rings. The van der Waals surface area contributed by atoms with Crippen LogP contribution in [0.3, 0.4) is 0 Å². The van der Waals surface area contributed by atoms with Crippen LogP contribution in [0.4, 0.5) is 4.79 Å². The fourth-order valence-electron chi connectivity index (χ4n) is 3.32. The maximum absolute atomic E-state index is 12.5. The van der Waals surface area contributed by atoms with E-state index in [9.17, 15) is 9.59 Å². The molecule has 0 spiro atoms. The van der Waals surface area contributed by atoms with E-state index in [0.29, 0.717) is 13.1 Å². The van der Waals surface area contributed by atoms with Gasteiger partial charge < -0.3 is 15.1 Å². The molecule has 0 aliphatic carbocycles. The maximum atomic E-state index is 12.5. The second kappa shape index (κ2) is 7.29. The first-order chi connectivity index (χ1) is 11.0. The van der Waals surface area contributed by atoms with Gasteiger partial charge in [-0.05, 0) is 35.0 Å². The smallest absolute Gasteiger partial charge is 0.324 e. The van der Waals surface area contributed by atoms with Gasteiger partial charge in [-0.2, -0.15) is 0 Å². The first-order valence-corrected chi connectivity index (χ1v) is 9.67. The lowest BCUT2D eigenvalue weighted by Crippen LogP contribution is -3.29. The quantitative estimate of drug-likeness (QED) is 0.588. The normalized spacial score (nSPS) is 26.2. The molecule has 1 atom stereocenters. The minimum Gasteiger partial charge on any atom is -0.336 e. The summed E-state index contributed by atoms with van der Waals surface area (Å²) >= 11 is 5.30. The summed E-state index contributed by atoms with van der Waals surface area (Å²) in [4.78, 5) is 29.7. The van der Waals surface area contributed by atoms with Gasteiger partial charge >= 0.3 is 6.03 Å². The summed E-state index contributed by atoms with van der Waals surface area (Å²) in [6.07, 6.45) is 0. The predicted octanol–water partition coefficient (Wildman–Crippen LogP) is -1.27. The Kier molecular flexibility index (Phi) is 5.35. The van der Waals surface area contributed by atoms with Crippen molar-refractivity contribution in [3.8, 4) is 0 Å². The van der Waals surface area contributed by atoms with Crippen LogP contribution in [0.5, 0.6) is 0 Å². The third kappa shape index (κ3) is 3.93. The Bertz CT molecular complexity index is 586. The fraction of sp³-hybridized carbons (Fsp3) is 0.600. The summed E-state index contributed by atoms with van der Waals surface area (Å²) in [6.45, 7) is 8.16. The first-order valence-electron chi connectivity index (χ1n) is 8.06. The van der Waals surface area contributed by atoms with Gasteiger partial charge in [-0.3, -0.25) is 9.69 Å². The number of rotatable bonds is 4. The highest BCUT2D eigenvalue weighted by molar-refractivity contribution is 9.11. The van der Waals surface area contributed by atoms with Crippen molar-refractivity contribution in [1.82, 2.24) is 10.2 Å². The van der Waals surface area contributed by atoms with E-state index in [1.807, 2.05) is 6.92 Å². The van der Waals surface area contributed by atoms with Crippen molar-refractivity contribution in [2.75, 3.05) is 39.3 Å². The Balaban J connectivity index is 1.50. The van der Waals surface area contributed by atoms with Crippen molar-refractivity contribution in [1.29, 1.82) is 0 Å². The number of hydrogen-bond acceptors (Lipinski definition) is 3. The van der Waals surface area contributed by atoms with Gasteiger partial charge in [0.05, 0.1) is 8.66 Å². The van der Waals surface area contributed by atoms with Crippen LogP contribution >= 0.6 is 27.3 Å². The van der Waals surface area contributed by atoms with Crippen LogP contribution in [0, 0.1) is 0 Å². The molecule has 126 valence electrons. The molecule has 3 heterocycles. The molecule has 0 saturated carbocycles. The zero-order valence-corrected chi connectivity index (χ0v) is 15.6. The van der Waals surface area contributed by atoms with E-state index in [-0.39, 0.29) is 18.0 Å². The summed E-state index contributed by atoms with van der Waals surface area (Å²) in [6, 6.07) is 3.90. The van der Waals surface area contributed by atoms with Gasteiger partial charge in [0.2, 0.25) is 0 Å². The number of hydrogen-bond donors (Lipinski definition) is 3. The number of quaternary nitrogens is 2. The number of amides is 3. The summed E-state index contributed by atoms with van der Waals surface area (Å²) in [5.41, 5.74) is 0. The minimum atomic E-state index is -0.242. The van der Waals surface area contributed by atoms with Gasteiger partial charge in [0.1, 0.15) is 32.7 Å². The molecule has 0 bridgehead atoms. The average Bonchev–Trinajstić information content (AvgIpc) is 3.15. The van der Waals surface area contributed by atoms with Gasteiger partial charge in [-0.1, -0.05) is 0 Å². The zero-order chi connectivity index (χ0) is 16.4. The van der Waals surface area contributed by atoms with Crippen LogP contribution in [0.15, 0.2) is 15.9 Å². The molecular weight excluding hydrogens is 380 g/mol. The number of carbonyl (C=O) groups is 2. The number of nitrogens with one attached hydrogen (secondary N) is 3. The molecule has 3 rings (SSSR count). The van der Waals surface area contributed by atoms with Gasteiger partial charge in [0.15, 0.2) is 6.04 Å². The van der Waals surface area contributed by atoms with Crippen molar-refractivity contribution < 1.29 is 19.4 Å². The van der Waals surface area contributed by atoms with Crippen molar-refractivity contribution >= 4 is 39.2 Å². The fourth-order valence-corrected chi connectivity index (χ4v) is 4.87. The predicted molar refractivity (Wildman–Crippen MR) is 91.7 cm³/mol. The third-order valence-corrected chi connectivity index (χ3v) is 6.38. The molecule has 2 aliphatic rings. The van der Waals surface area contributed by atoms with Gasteiger partial charge in [-0.25, -0.2) is 4.79 Å². The minimum absolute atomic E-state index is 0.0411. The molecule has 1 aromatic heterocycles. The number of carbonyl (C=O) groups excluding carboxylic acids is 2. The van der Waals surface area contributed by atoms with E-state index in [4.69, 9.17) is 0 Å². The van der Waals surface area contributed by atoms with E-state index in [1.165, 1.54) is 18.5 Å². The van der Waals surface area contributed by atoms with E-state index in [1.54, 1.807) is 16.2 Å². The van der Waals surface area contributed by atoms with Crippen molar-refractivity contribution in [3.63, 3.8) is 0 Å². The Morgan fingerprint density at radius 1 is 1.39 bits per heavy atom. The van der Waals surface area contributed by atoms with Crippen LogP contribution in [-0.4, -0.2) is 62.1 Å². The maximum Gasteiger partial charge on any atom is 0.324 e. The highest BCUT2D eigenvalue weighted by Crippen LogP contribution is 2.21. The lowest BCUT2D eigenvalue weighted by molar-refractivity contribution is -1.02. The number of piperazine rings is 1. The lowest BCUT2D eigenvalue weighted by Gasteiger charge is -2.33. The van der Waals surface area contributed by atoms with Crippen LogP contribution in [0.25, 0.3) is 0 Å². The summed E-state index contributed by atoms with van der Waals surface area (Å²) in [5, 5.41) is 2.69. The zero-order valence-electron chi connectivity index (χ0n) is 13.2. The average molecular weight is 403 g/mol. The molecule has 1 aromatic rings. The van der Waals surface area contributed by atoms with Gasteiger partial charge in [0, 0.05) is 13.1 Å². The standard InChI is InChI=1S/C15H21BrN4O2S/c1-11(14(21)20-5-4-17-15(20)22)19-8-6-18(7-9-19)10-12-2-3-13(16)23-12/h2-3,11H,4-10H2,1H3,(H,17,22)/p+2/t11-/m0/s1. The summed E-state index contributed by atoms with van der Waals surface area (Å²) in [5.74, 6) is -0.0411. The van der Waals surface area contributed by atoms with Crippen LogP contribution in [0.1, 0.15) is 11.8 Å². The first kappa shape index (κ1) is 16.9.